The highest BCUT2D eigenvalue weighted by atomic mass is 16.6. The molecule has 7 heteroatoms. The van der Waals surface area contributed by atoms with Gasteiger partial charge in [-0.1, -0.05) is 47.6 Å². The van der Waals surface area contributed by atoms with Gasteiger partial charge in [0.15, 0.2) is 11.5 Å². The molecular formula is C18H15N3O4. The largest absolute Gasteiger partial charge is 0.485 e. The van der Waals surface area contributed by atoms with E-state index in [0.29, 0.717) is 23.8 Å². The molecule has 0 radical (unpaired) electrons. The number of hydrogen-bond donors (Lipinski definition) is 1. The van der Waals surface area contributed by atoms with Crippen molar-refractivity contribution >= 4 is 11.9 Å². The number of carbonyl (C=O) groups is 1. The lowest BCUT2D eigenvalue weighted by molar-refractivity contribution is -0.125. The van der Waals surface area contributed by atoms with Crippen LogP contribution in [0.3, 0.4) is 0 Å². The number of benzene rings is 2. The lowest BCUT2D eigenvalue weighted by atomic mass is 10.2. The third-order valence-electron chi connectivity index (χ3n) is 3.70. The zero-order valence-electron chi connectivity index (χ0n) is 13.2. The summed E-state index contributed by atoms with van der Waals surface area (Å²) in [5.41, 5.74) is 1.05. The number of para-hydroxylation sites is 2. The molecule has 0 saturated heterocycles. The molecule has 1 amide bonds. The molecule has 0 spiro atoms. The van der Waals surface area contributed by atoms with Gasteiger partial charge in [-0.25, -0.2) is 0 Å². The molecule has 1 atom stereocenters. The Balaban J connectivity index is 1.39. The second-order valence-electron chi connectivity index (χ2n) is 5.52. The average molecular weight is 337 g/mol. The quantitative estimate of drug-likeness (QED) is 0.787. The van der Waals surface area contributed by atoms with E-state index in [1.54, 1.807) is 12.1 Å². The molecule has 126 valence electrons. The summed E-state index contributed by atoms with van der Waals surface area (Å²) < 4.78 is 16.6. The minimum atomic E-state index is -0.778. The van der Waals surface area contributed by atoms with Crippen LogP contribution in [0.1, 0.15) is 11.5 Å². The molecule has 7 nitrogen and oxygen atoms in total. The SMILES string of the molecule is O=C(Nc1nnc(Cc2ccccc2)o1)C1COc2ccccc2O1. The Labute approximate surface area is 143 Å². The van der Waals surface area contributed by atoms with Crippen LogP contribution in [-0.2, 0) is 11.2 Å². The number of aromatic nitrogens is 2. The van der Waals surface area contributed by atoms with E-state index in [4.69, 9.17) is 13.9 Å². The van der Waals surface area contributed by atoms with Crippen LogP contribution < -0.4 is 14.8 Å². The Kier molecular flexibility index (Phi) is 4.04. The van der Waals surface area contributed by atoms with Crippen LogP contribution in [0.2, 0.25) is 0 Å². The van der Waals surface area contributed by atoms with E-state index in [0.717, 1.165) is 5.56 Å². The number of nitrogens with one attached hydrogen (secondary N) is 1. The predicted octanol–water partition coefficient (Wildman–Crippen LogP) is 2.44. The van der Waals surface area contributed by atoms with Crippen LogP contribution in [0.25, 0.3) is 0 Å². The van der Waals surface area contributed by atoms with Crippen molar-refractivity contribution in [2.45, 2.75) is 12.5 Å². The maximum atomic E-state index is 12.3. The molecule has 4 rings (SSSR count). The standard InChI is InChI=1S/C18H15N3O4/c22-17(15-11-23-13-8-4-5-9-14(13)24-15)19-18-21-20-16(25-18)10-12-6-2-1-3-7-12/h1-9,15H,10-11H2,(H,19,21,22). The molecule has 2 aromatic carbocycles. The first-order valence-corrected chi connectivity index (χ1v) is 7.83. The Morgan fingerprint density at radius 1 is 1.04 bits per heavy atom. The smallest absolute Gasteiger partial charge is 0.322 e. The molecular weight excluding hydrogens is 322 g/mol. The summed E-state index contributed by atoms with van der Waals surface area (Å²) in [4.78, 5) is 12.3. The Bertz CT molecular complexity index is 879. The first-order valence-electron chi connectivity index (χ1n) is 7.83. The molecule has 1 aromatic heterocycles. The van der Waals surface area contributed by atoms with Crippen molar-refractivity contribution in [3.8, 4) is 11.5 Å². The van der Waals surface area contributed by atoms with Crippen LogP contribution in [0.4, 0.5) is 6.01 Å². The predicted molar refractivity (Wildman–Crippen MR) is 88.5 cm³/mol. The van der Waals surface area contributed by atoms with Gasteiger partial charge in [0.1, 0.15) is 6.61 Å². The van der Waals surface area contributed by atoms with Crippen LogP contribution in [0, 0.1) is 0 Å². The molecule has 1 aliphatic heterocycles. The highest BCUT2D eigenvalue weighted by Crippen LogP contribution is 2.31. The molecule has 1 aliphatic rings. The van der Waals surface area contributed by atoms with E-state index < -0.39 is 12.0 Å². The molecule has 2 heterocycles. The van der Waals surface area contributed by atoms with E-state index in [-0.39, 0.29) is 12.6 Å². The van der Waals surface area contributed by atoms with Gasteiger partial charge in [0.05, 0.1) is 6.42 Å². The fourth-order valence-corrected chi connectivity index (χ4v) is 2.48. The summed E-state index contributed by atoms with van der Waals surface area (Å²) in [6.07, 6.45) is -0.278. The number of nitrogens with zero attached hydrogens (tertiary/aromatic N) is 2. The minimum Gasteiger partial charge on any atom is -0.485 e. The highest BCUT2D eigenvalue weighted by Gasteiger charge is 2.28. The van der Waals surface area contributed by atoms with Crippen molar-refractivity contribution < 1.29 is 18.7 Å². The van der Waals surface area contributed by atoms with E-state index in [1.807, 2.05) is 42.5 Å². The topological polar surface area (TPSA) is 86.5 Å². The Morgan fingerprint density at radius 3 is 2.64 bits per heavy atom. The summed E-state index contributed by atoms with van der Waals surface area (Å²) in [6, 6.07) is 17.0. The number of ether oxygens (including phenoxy) is 2. The number of hydrogen-bond acceptors (Lipinski definition) is 6. The lowest BCUT2D eigenvalue weighted by Gasteiger charge is -2.24. The van der Waals surface area contributed by atoms with E-state index in [1.165, 1.54) is 0 Å². The van der Waals surface area contributed by atoms with Gasteiger partial charge in [-0.3, -0.25) is 10.1 Å². The van der Waals surface area contributed by atoms with Crippen molar-refractivity contribution in [3.05, 3.63) is 66.1 Å². The fraction of sp³-hybridized carbons (Fsp3) is 0.167. The highest BCUT2D eigenvalue weighted by molar-refractivity contribution is 5.92. The number of carbonyl (C=O) groups excluding carboxylic acids is 1. The second-order valence-corrected chi connectivity index (χ2v) is 5.52. The van der Waals surface area contributed by atoms with Crippen molar-refractivity contribution in [1.82, 2.24) is 10.2 Å². The van der Waals surface area contributed by atoms with Crippen LogP contribution in [0.15, 0.2) is 59.0 Å². The lowest BCUT2D eigenvalue weighted by Crippen LogP contribution is -2.40. The summed E-state index contributed by atoms with van der Waals surface area (Å²) in [7, 11) is 0. The summed E-state index contributed by atoms with van der Waals surface area (Å²) in [6.45, 7) is 0.119. The molecule has 0 saturated carbocycles. The first-order chi connectivity index (χ1) is 12.3. The number of rotatable bonds is 4. The molecule has 25 heavy (non-hydrogen) atoms. The van der Waals surface area contributed by atoms with Crippen LogP contribution >= 0.6 is 0 Å². The summed E-state index contributed by atoms with van der Waals surface area (Å²) in [5.74, 6) is 1.18. The van der Waals surface area contributed by atoms with E-state index in [9.17, 15) is 4.79 Å². The van der Waals surface area contributed by atoms with E-state index >= 15 is 0 Å². The molecule has 0 aliphatic carbocycles. The maximum Gasteiger partial charge on any atom is 0.322 e. The van der Waals surface area contributed by atoms with Crippen molar-refractivity contribution in [2.24, 2.45) is 0 Å². The average Bonchev–Trinajstić information content (AvgIpc) is 3.09. The van der Waals surface area contributed by atoms with Crippen molar-refractivity contribution in [3.63, 3.8) is 0 Å². The minimum absolute atomic E-state index is 0.0402. The first kappa shape index (κ1) is 15.2. The molecule has 1 unspecified atom stereocenters. The molecule has 3 aromatic rings. The molecule has 1 N–H and O–H groups in total. The van der Waals surface area contributed by atoms with Crippen LogP contribution in [0.5, 0.6) is 11.5 Å². The van der Waals surface area contributed by atoms with Gasteiger partial charge in [0.25, 0.3) is 5.91 Å². The van der Waals surface area contributed by atoms with Gasteiger partial charge >= 0.3 is 6.01 Å². The molecule has 0 bridgehead atoms. The third kappa shape index (κ3) is 3.45. The monoisotopic (exact) mass is 337 g/mol. The summed E-state index contributed by atoms with van der Waals surface area (Å²) >= 11 is 0. The number of anilines is 1. The Hall–Kier alpha value is -3.35. The van der Waals surface area contributed by atoms with Gasteiger partial charge in [0.2, 0.25) is 12.0 Å². The summed E-state index contributed by atoms with van der Waals surface area (Å²) in [5, 5.41) is 10.4. The second kappa shape index (κ2) is 6.64. The zero-order valence-corrected chi connectivity index (χ0v) is 13.2. The van der Waals surface area contributed by atoms with Crippen molar-refractivity contribution in [2.75, 3.05) is 11.9 Å². The van der Waals surface area contributed by atoms with Crippen molar-refractivity contribution in [1.29, 1.82) is 0 Å². The number of amides is 1. The zero-order chi connectivity index (χ0) is 17.1. The third-order valence-corrected chi connectivity index (χ3v) is 3.70. The van der Waals surface area contributed by atoms with Gasteiger partial charge in [-0.05, 0) is 17.7 Å². The maximum absolute atomic E-state index is 12.3. The van der Waals surface area contributed by atoms with Gasteiger partial charge in [-0.15, -0.1) is 5.10 Å². The molecule has 0 fully saturated rings. The number of fused-ring (bicyclic) bond motifs is 1. The van der Waals surface area contributed by atoms with Gasteiger partial charge < -0.3 is 13.9 Å². The van der Waals surface area contributed by atoms with Gasteiger partial charge in [0, 0.05) is 0 Å². The Morgan fingerprint density at radius 2 is 1.80 bits per heavy atom. The fourth-order valence-electron chi connectivity index (χ4n) is 2.48. The normalized spacial score (nSPS) is 15.6. The van der Waals surface area contributed by atoms with Gasteiger partial charge in [-0.2, -0.15) is 0 Å². The van der Waals surface area contributed by atoms with E-state index in [2.05, 4.69) is 15.5 Å². The van der Waals surface area contributed by atoms with Crippen LogP contribution in [-0.4, -0.2) is 28.8 Å².